The number of sulfonamides is 1. The van der Waals surface area contributed by atoms with Crippen LogP contribution in [0.5, 0.6) is 0 Å². The second-order valence-electron chi connectivity index (χ2n) is 6.48. The molecule has 0 radical (unpaired) electrons. The summed E-state index contributed by atoms with van der Waals surface area (Å²) in [6, 6.07) is 6.20. The molecule has 2 atom stereocenters. The zero-order valence-electron chi connectivity index (χ0n) is 17.5. The van der Waals surface area contributed by atoms with Gasteiger partial charge >= 0.3 is 21.5 Å². The van der Waals surface area contributed by atoms with Gasteiger partial charge < -0.3 is 4.74 Å². The quantitative estimate of drug-likeness (QED) is 0.298. The molecule has 174 valence electrons. The molecule has 0 spiro atoms. The molecule has 0 aliphatic rings. The van der Waals surface area contributed by atoms with Crippen molar-refractivity contribution in [3.8, 4) is 0 Å². The average molecular weight is 466 g/mol. The molecule has 8 nitrogen and oxygen atoms in total. The molecule has 0 aliphatic heterocycles. The van der Waals surface area contributed by atoms with Gasteiger partial charge in [-0.25, -0.2) is 13.5 Å². The van der Waals surface area contributed by atoms with Crippen molar-refractivity contribution in [3.63, 3.8) is 0 Å². The monoisotopic (exact) mass is 466 g/mol. The Morgan fingerprint density at radius 1 is 1.16 bits per heavy atom. The fraction of sp³-hybridized carbons (Fsp3) is 0.474. The number of hydrogen-bond acceptors (Lipinski definition) is 6. The number of carbonyl (C=O) groups is 2. The zero-order chi connectivity index (χ0) is 23.8. The highest BCUT2D eigenvalue weighted by Crippen LogP contribution is 2.29. The number of nitrogens with zero attached hydrogens (tertiary/aromatic N) is 2. The van der Waals surface area contributed by atoms with Crippen LogP contribution in [0, 0.1) is 5.92 Å². The summed E-state index contributed by atoms with van der Waals surface area (Å²) in [6.07, 6.45) is 1.97. The second-order valence-corrected chi connectivity index (χ2v) is 8.37. The van der Waals surface area contributed by atoms with Crippen molar-refractivity contribution < 1.29 is 40.8 Å². The van der Waals surface area contributed by atoms with Gasteiger partial charge in [0, 0.05) is 13.6 Å². The van der Waals surface area contributed by atoms with E-state index >= 15 is 0 Å². The molecule has 0 aliphatic carbocycles. The lowest BCUT2D eigenvalue weighted by Gasteiger charge is -2.29. The third kappa shape index (κ3) is 7.04. The number of carbonyl (C=O) groups excluding carboxylic acids is 2. The first-order valence-electron chi connectivity index (χ1n) is 9.05. The molecule has 1 rings (SSSR count). The molecular formula is C19H25F3N2O6S. The van der Waals surface area contributed by atoms with Crippen molar-refractivity contribution in [2.45, 2.75) is 24.9 Å². The Labute approximate surface area is 179 Å². The van der Waals surface area contributed by atoms with E-state index in [4.69, 9.17) is 4.84 Å². The minimum atomic E-state index is -5.89. The van der Waals surface area contributed by atoms with Gasteiger partial charge in [0.25, 0.3) is 5.91 Å². The summed E-state index contributed by atoms with van der Waals surface area (Å²) >= 11 is 0. The van der Waals surface area contributed by atoms with Crippen LogP contribution in [0.15, 0.2) is 42.5 Å². The number of methoxy groups -OCH3 is 1. The van der Waals surface area contributed by atoms with Crippen LogP contribution in [-0.2, 0) is 35.6 Å². The Balaban J connectivity index is 3.30. The van der Waals surface area contributed by atoms with Crippen LogP contribution in [0.4, 0.5) is 13.2 Å². The first-order valence-corrected chi connectivity index (χ1v) is 10.5. The van der Waals surface area contributed by atoms with Crippen LogP contribution in [0.2, 0.25) is 0 Å². The first kappa shape index (κ1) is 26.6. The van der Waals surface area contributed by atoms with Crippen LogP contribution in [0.1, 0.15) is 12.5 Å². The second kappa shape index (κ2) is 11.3. The SMILES string of the molecule is COC(=O)[C@@H](Cc1ccccc1)N(C/C=C/[C@H](C)C(=O)N(C)OC)S(=O)(=O)C(F)(F)F. The predicted molar refractivity (Wildman–Crippen MR) is 106 cm³/mol. The van der Waals surface area contributed by atoms with Gasteiger partial charge in [-0.2, -0.15) is 17.5 Å². The Kier molecular flexibility index (Phi) is 9.66. The van der Waals surface area contributed by atoms with Crippen LogP contribution < -0.4 is 0 Å². The van der Waals surface area contributed by atoms with Crippen LogP contribution >= 0.6 is 0 Å². The molecule has 31 heavy (non-hydrogen) atoms. The van der Waals surface area contributed by atoms with Gasteiger partial charge in [-0.15, -0.1) is 0 Å². The molecule has 0 aromatic heterocycles. The van der Waals surface area contributed by atoms with Crippen LogP contribution in [-0.4, -0.2) is 69.0 Å². The fourth-order valence-electron chi connectivity index (χ4n) is 2.63. The molecular weight excluding hydrogens is 441 g/mol. The van der Waals surface area contributed by atoms with Crippen molar-refractivity contribution >= 4 is 21.9 Å². The topological polar surface area (TPSA) is 93.2 Å². The highest BCUT2D eigenvalue weighted by Gasteiger charge is 2.53. The lowest BCUT2D eigenvalue weighted by molar-refractivity contribution is -0.171. The molecule has 1 aromatic rings. The first-order chi connectivity index (χ1) is 14.4. The molecule has 0 heterocycles. The van der Waals surface area contributed by atoms with E-state index in [1.54, 1.807) is 30.3 Å². The van der Waals surface area contributed by atoms with E-state index in [2.05, 4.69) is 4.74 Å². The van der Waals surface area contributed by atoms with Crippen LogP contribution in [0.25, 0.3) is 0 Å². The number of benzene rings is 1. The van der Waals surface area contributed by atoms with E-state index in [1.807, 2.05) is 0 Å². The van der Waals surface area contributed by atoms with E-state index in [1.165, 1.54) is 27.2 Å². The molecule has 0 unspecified atom stereocenters. The number of rotatable bonds is 10. The molecule has 12 heteroatoms. The van der Waals surface area contributed by atoms with Crippen molar-refractivity contribution in [2.75, 3.05) is 27.8 Å². The maximum absolute atomic E-state index is 13.3. The maximum atomic E-state index is 13.3. The highest BCUT2D eigenvalue weighted by molar-refractivity contribution is 7.90. The lowest BCUT2D eigenvalue weighted by atomic mass is 10.1. The largest absolute Gasteiger partial charge is 0.511 e. The number of esters is 1. The molecule has 0 saturated carbocycles. The standard InChI is InChI=1S/C19H25F3N2O6S/c1-14(17(25)23(2)30-4)9-8-12-24(31(27,28)19(20,21)22)16(18(26)29-3)13-15-10-6-5-7-11-15/h5-11,14,16H,12-13H2,1-4H3/b9-8+/t14-,16+/m0/s1. The van der Waals surface area contributed by atoms with Crippen LogP contribution in [0.3, 0.4) is 0 Å². The normalized spacial score (nSPS) is 14.5. The molecule has 0 bridgehead atoms. The average Bonchev–Trinajstić information content (AvgIpc) is 2.73. The van der Waals surface area contributed by atoms with Gasteiger partial charge in [-0.1, -0.05) is 49.4 Å². The van der Waals surface area contributed by atoms with E-state index in [0.717, 1.165) is 18.2 Å². The minimum Gasteiger partial charge on any atom is -0.468 e. The highest BCUT2D eigenvalue weighted by atomic mass is 32.2. The molecule has 0 saturated heterocycles. The smallest absolute Gasteiger partial charge is 0.468 e. The summed E-state index contributed by atoms with van der Waals surface area (Å²) in [6.45, 7) is 0.654. The van der Waals surface area contributed by atoms with Gasteiger partial charge in [0.1, 0.15) is 6.04 Å². The Morgan fingerprint density at radius 3 is 2.23 bits per heavy atom. The van der Waals surface area contributed by atoms with Gasteiger partial charge in [0.2, 0.25) is 0 Å². The summed E-state index contributed by atoms with van der Waals surface area (Å²) < 4.78 is 69.1. The summed E-state index contributed by atoms with van der Waals surface area (Å²) in [5.74, 6) is -2.46. The number of hydroxylamine groups is 2. The molecule has 1 aromatic carbocycles. The van der Waals surface area contributed by atoms with E-state index < -0.39 is 45.9 Å². The Bertz CT molecular complexity index is 874. The van der Waals surface area contributed by atoms with E-state index in [0.29, 0.717) is 5.56 Å². The summed E-state index contributed by atoms with van der Waals surface area (Å²) in [7, 11) is -2.33. The van der Waals surface area contributed by atoms with E-state index in [9.17, 15) is 31.2 Å². The number of halogens is 3. The number of amides is 1. The van der Waals surface area contributed by atoms with Crippen molar-refractivity contribution in [2.24, 2.45) is 5.92 Å². The van der Waals surface area contributed by atoms with Gasteiger partial charge in [0.05, 0.1) is 20.1 Å². The number of hydrogen-bond donors (Lipinski definition) is 0. The lowest BCUT2D eigenvalue weighted by Crippen LogP contribution is -2.51. The number of alkyl halides is 3. The number of ether oxygens (including phenoxy) is 1. The van der Waals surface area contributed by atoms with Gasteiger partial charge in [-0.05, 0) is 12.0 Å². The Morgan fingerprint density at radius 2 is 1.74 bits per heavy atom. The summed E-state index contributed by atoms with van der Waals surface area (Å²) in [5.41, 5.74) is -5.20. The van der Waals surface area contributed by atoms with Gasteiger partial charge in [-0.3, -0.25) is 14.4 Å². The van der Waals surface area contributed by atoms with Crippen molar-refractivity contribution in [3.05, 3.63) is 48.0 Å². The predicted octanol–water partition coefficient (Wildman–Crippen LogP) is 2.13. The van der Waals surface area contributed by atoms with Crippen molar-refractivity contribution in [1.82, 2.24) is 9.37 Å². The molecule has 0 N–H and O–H groups in total. The molecule has 0 fully saturated rings. The summed E-state index contributed by atoms with van der Waals surface area (Å²) in [5, 5.41) is 0.923. The minimum absolute atomic E-state index is 0.0273. The third-order valence-electron chi connectivity index (χ3n) is 4.38. The van der Waals surface area contributed by atoms with E-state index in [-0.39, 0.29) is 10.7 Å². The third-order valence-corrected chi connectivity index (χ3v) is 5.98. The van der Waals surface area contributed by atoms with Gasteiger partial charge in [0.15, 0.2) is 0 Å². The summed E-state index contributed by atoms with van der Waals surface area (Å²) in [4.78, 5) is 29.0. The van der Waals surface area contributed by atoms with Crippen molar-refractivity contribution in [1.29, 1.82) is 0 Å². The maximum Gasteiger partial charge on any atom is 0.511 e. The fourth-order valence-corrected chi connectivity index (χ4v) is 3.67. The Hall–Kier alpha value is -2.44. The molecule has 1 amide bonds. The zero-order valence-corrected chi connectivity index (χ0v) is 18.3.